The summed E-state index contributed by atoms with van der Waals surface area (Å²) in [6.07, 6.45) is 2.34. The fourth-order valence-electron chi connectivity index (χ4n) is 3.92. The van der Waals surface area contributed by atoms with Crippen LogP contribution in [0.5, 0.6) is 0 Å². The van der Waals surface area contributed by atoms with Crippen LogP contribution in [0.2, 0.25) is 0 Å². The fourth-order valence-corrected chi connectivity index (χ4v) is 3.92. The zero-order valence-corrected chi connectivity index (χ0v) is 18.7. The first-order chi connectivity index (χ1) is 14.3. The van der Waals surface area contributed by atoms with Gasteiger partial charge in [0.15, 0.2) is 0 Å². The number of hydrogen-bond donors (Lipinski definition) is 1. The van der Waals surface area contributed by atoms with Crippen LogP contribution >= 0.6 is 0 Å². The molecule has 2 nitrogen and oxygen atoms in total. The molecule has 154 valence electrons. The monoisotopic (exact) mass is 396 g/mol. The third-order valence-corrected chi connectivity index (χ3v) is 5.88. The van der Waals surface area contributed by atoms with Crippen molar-refractivity contribution >= 4 is 11.4 Å². The second kappa shape index (κ2) is 8.02. The van der Waals surface area contributed by atoms with Crippen molar-refractivity contribution in [3.8, 4) is 0 Å². The number of nitrogens with one attached hydrogen (secondary N) is 1. The SMILES string of the molecule is CC(C)c1ccc(C2C=C(c3ccc(C(C)(C)C)cc3)NN2c2ccccc2)cc1. The van der Waals surface area contributed by atoms with Gasteiger partial charge in [-0.25, -0.2) is 0 Å². The second-order valence-electron chi connectivity index (χ2n) is 9.49. The maximum absolute atomic E-state index is 3.66. The summed E-state index contributed by atoms with van der Waals surface area (Å²) in [5.41, 5.74) is 11.4. The molecule has 1 atom stereocenters. The van der Waals surface area contributed by atoms with E-state index in [1.165, 1.54) is 22.3 Å². The summed E-state index contributed by atoms with van der Waals surface area (Å²) in [5.74, 6) is 0.540. The predicted molar refractivity (Wildman–Crippen MR) is 128 cm³/mol. The average molecular weight is 397 g/mol. The molecule has 0 aliphatic carbocycles. The minimum Gasteiger partial charge on any atom is -0.297 e. The lowest BCUT2D eigenvalue weighted by Gasteiger charge is -2.28. The molecule has 1 aliphatic rings. The highest BCUT2D eigenvalue weighted by Gasteiger charge is 2.27. The van der Waals surface area contributed by atoms with E-state index in [1.807, 2.05) is 0 Å². The van der Waals surface area contributed by atoms with Crippen LogP contribution in [-0.4, -0.2) is 0 Å². The summed E-state index contributed by atoms with van der Waals surface area (Å²) in [4.78, 5) is 0. The van der Waals surface area contributed by atoms with Gasteiger partial charge in [-0.1, -0.05) is 101 Å². The molecule has 3 aromatic rings. The molecular formula is C28H32N2. The van der Waals surface area contributed by atoms with Gasteiger partial charge in [0.2, 0.25) is 0 Å². The number of hydrogen-bond acceptors (Lipinski definition) is 2. The molecule has 4 rings (SSSR count). The molecule has 0 aromatic heterocycles. The summed E-state index contributed by atoms with van der Waals surface area (Å²) in [6, 6.07) is 28.7. The standard InChI is InChI=1S/C28H32N2/c1-20(2)21-11-13-23(14-12-21)27-19-26(29-30(27)25-9-7-6-8-10-25)22-15-17-24(18-16-22)28(3,4)5/h6-20,27,29H,1-5H3. The lowest BCUT2D eigenvalue weighted by Crippen LogP contribution is -2.33. The predicted octanol–water partition coefficient (Wildman–Crippen LogP) is 7.21. The first kappa shape index (κ1) is 20.3. The van der Waals surface area contributed by atoms with Crippen LogP contribution < -0.4 is 10.4 Å². The molecule has 1 aliphatic heterocycles. The highest BCUT2D eigenvalue weighted by molar-refractivity contribution is 5.72. The number of rotatable bonds is 4. The molecule has 1 heterocycles. The second-order valence-corrected chi connectivity index (χ2v) is 9.49. The van der Waals surface area contributed by atoms with Crippen LogP contribution in [0.1, 0.15) is 68.8 Å². The van der Waals surface area contributed by atoms with Gasteiger partial charge in [-0.3, -0.25) is 10.4 Å². The molecule has 0 spiro atoms. The van der Waals surface area contributed by atoms with E-state index in [4.69, 9.17) is 0 Å². The lowest BCUT2D eigenvalue weighted by molar-refractivity contribution is 0.590. The molecule has 0 saturated heterocycles. The highest BCUT2D eigenvalue weighted by Crippen LogP contribution is 2.36. The Morgan fingerprint density at radius 1 is 0.800 bits per heavy atom. The van der Waals surface area contributed by atoms with Crippen molar-refractivity contribution in [2.24, 2.45) is 0 Å². The van der Waals surface area contributed by atoms with Crippen molar-refractivity contribution < 1.29 is 0 Å². The summed E-state index contributed by atoms with van der Waals surface area (Å²) < 4.78 is 0. The van der Waals surface area contributed by atoms with Crippen LogP contribution in [0.25, 0.3) is 5.70 Å². The van der Waals surface area contributed by atoms with Crippen molar-refractivity contribution in [3.05, 3.63) is 107 Å². The van der Waals surface area contributed by atoms with E-state index in [1.54, 1.807) is 0 Å². The van der Waals surface area contributed by atoms with Crippen LogP contribution in [0.15, 0.2) is 84.9 Å². The molecule has 0 amide bonds. The average Bonchev–Trinajstić information content (AvgIpc) is 3.19. The van der Waals surface area contributed by atoms with E-state index in [-0.39, 0.29) is 11.5 Å². The Balaban J connectivity index is 1.69. The summed E-state index contributed by atoms with van der Waals surface area (Å²) in [6.45, 7) is 11.2. The molecule has 0 saturated carbocycles. The van der Waals surface area contributed by atoms with Crippen LogP contribution in [0, 0.1) is 0 Å². The number of para-hydroxylation sites is 1. The van der Waals surface area contributed by atoms with E-state index in [9.17, 15) is 0 Å². The summed E-state index contributed by atoms with van der Waals surface area (Å²) in [5, 5.41) is 2.26. The van der Waals surface area contributed by atoms with Gasteiger partial charge in [0.05, 0.1) is 17.4 Å². The Morgan fingerprint density at radius 3 is 2.00 bits per heavy atom. The van der Waals surface area contributed by atoms with Gasteiger partial charge in [0.25, 0.3) is 0 Å². The van der Waals surface area contributed by atoms with Gasteiger partial charge in [-0.2, -0.15) is 0 Å². The number of nitrogens with zero attached hydrogens (tertiary/aromatic N) is 1. The molecule has 30 heavy (non-hydrogen) atoms. The first-order valence-electron chi connectivity index (χ1n) is 10.9. The number of anilines is 1. The van der Waals surface area contributed by atoms with Crippen molar-refractivity contribution in [1.29, 1.82) is 0 Å². The normalized spacial score (nSPS) is 16.5. The van der Waals surface area contributed by atoms with E-state index in [0.717, 1.165) is 11.4 Å². The largest absolute Gasteiger partial charge is 0.297 e. The van der Waals surface area contributed by atoms with Gasteiger partial charge >= 0.3 is 0 Å². The number of hydrazine groups is 1. The van der Waals surface area contributed by atoms with Gasteiger partial charge < -0.3 is 0 Å². The minimum absolute atomic E-state index is 0.144. The maximum atomic E-state index is 3.66. The molecule has 0 radical (unpaired) electrons. The molecule has 1 N–H and O–H groups in total. The van der Waals surface area contributed by atoms with Crippen LogP contribution in [-0.2, 0) is 5.41 Å². The van der Waals surface area contributed by atoms with Crippen molar-refractivity contribution in [1.82, 2.24) is 5.43 Å². The minimum atomic E-state index is 0.144. The molecule has 3 aromatic carbocycles. The molecule has 1 unspecified atom stereocenters. The van der Waals surface area contributed by atoms with Gasteiger partial charge in [0.1, 0.15) is 0 Å². The van der Waals surface area contributed by atoms with Crippen molar-refractivity contribution in [2.75, 3.05) is 5.01 Å². The van der Waals surface area contributed by atoms with Crippen LogP contribution in [0.3, 0.4) is 0 Å². The Labute approximate surface area is 181 Å². The summed E-state index contributed by atoms with van der Waals surface area (Å²) >= 11 is 0. The topological polar surface area (TPSA) is 15.3 Å². The molecular weight excluding hydrogens is 364 g/mol. The Hall–Kier alpha value is -3.00. The van der Waals surface area contributed by atoms with Crippen molar-refractivity contribution in [2.45, 2.75) is 52.0 Å². The summed E-state index contributed by atoms with van der Waals surface area (Å²) in [7, 11) is 0. The third-order valence-electron chi connectivity index (χ3n) is 5.88. The quantitative estimate of drug-likeness (QED) is 0.501. The van der Waals surface area contributed by atoms with Crippen LogP contribution in [0.4, 0.5) is 5.69 Å². The highest BCUT2D eigenvalue weighted by atomic mass is 15.5. The first-order valence-corrected chi connectivity index (χ1v) is 10.9. The Morgan fingerprint density at radius 2 is 1.43 bits per heavy atom. The third kappa shape index (κ3) is 4.14. The van der Waals surface area contributed by atoms with Gasteiger partial charge in [0, 0.05) is 0 Å². The van der Waals surface area contributed by atoms with E-state index >= 15 is 0 Å². The van der Waals surface area contributed by atoms with Gasteiger partial charge in [-0.05, 0) is 51.8 Å². The smallest absolute Gasteiger partial charge is 0.0958 e. The fraction of sp³-hybridized carbons (Fsp3) is 0.286. The zero-order chi connectivity index (χ0) is 21.3. The van der Waals surface area contributed by atoms with E-state index < -0.39 is 0 Å². The molecule has 0 bridgehead atoms. The maximum Gasteiger partial charge on any atom is 0.0958 e. The Kier molecular flexibility index (Phi) is 5.42. The number of benzene rings is 3. The van der Waals surface area contributed by atoms with E-state index in [0.29, 0.717) is 5.92 Å². The zero-order valence-electron chi connectivity index (χ0n) is 18.7. The van der Waals surface area contributed by atoms with Gasteiger partial charge in [-0.15, -0.1) is 0 Å². The molecule has 0 fully saturated rings. The van der Waals surface area contributed by atoms with E-state index in [2.05, 4.69) is 130 Å². The lowest BCUT2D eigenvalue weighted by atomic mass is 9.86. The molecule has 2 heteroatoms. The Bertz CT molecular complexity index is 1010. The van der Waals surface area contributed by atoms with Crippen molar-refractivity contribution in [3.63, 3.8) is 0 Å².